The first-order chi connectivity index (χ1) is 11.1. The molecule has 5 nitrogen and oxygen atoms in total. The van der Waals surface area contributed by atoms with Crippen molar-refractivity contribution in [1.82, 2.24) is 15.5 Å². The van der Waals surface area contributed by atoms with Crippen molar-refractivity contribution in [3.05, 3.63) is 35.4 Å². The molecule has 1 aromatic rings. The Bertz CT molecular complexity index is 528. The maximum absolute atomic E-state index is 12.1. The number of aryl methyl sites for hydroxylation is 1. The quantitative estimate of drug-likeness (QED) is 0.714. The zero-order chi connectivity index (χ0) is 16.7. The number of amides is 2. The highest BCUT2D eigenvalue weighted by Crippen LogP contribution is 2.20. The normalized spacial score (nSPS) is 17.6. The molecule has 23 heavy (non-hydrogen) atoms. The molecule has 0 aliphatic carbocycles. The fraction of sp³-hybridized carbons (Fsp3) is 0.556. The zero-order valence-corrected chi connectivity index (χ0v) is 14.1. The smallest absolute Gasteiger partial charge is 0.225 e. The molecule has 2 N–H and O–H groups in total. The van der Waals surface area contributed by atoms with E-state index in [2.05, 4.69) is 17.6 Å². The molecule has 0 radical (unpaired) electrons. The topological polar surface area (TPSA) is 61.4 Å². The van der Waals surface area contributed by atoms with Gasteiger partial charge in [0.2, 0.25) is 11.8 Å². The molecule has 0 saturated carbocycles. The maximum Gasteiger partial charge on any atom is 0.225 e. The fourth-order valence-electron chi connectivity index (χ4n) is 2.73. The average Bonchev–Trinajstić information content (AvgIpc) is 2.90. The Kier molecular flexibility index (Phi) is 6.59. The molecule has 1 atom stereocenters. The first kappa shape index (κ1) is 17.5. The Morgan fingerprint density at radius 1 is 1.22 bits per heavy atom. The highest BCUT2D eigenvalue weighted by atomic mass is 16.2. The van der Waals surface area contributed by atoms with E-state index in [1.54, 1.807) is 4.90 Å². The molecule has 1 heterocycles. The molecule has 0 spiro atoms. The molecule has 2 rings (SSSR count). The Balaban J connectivity index is 1.77. The predicted molar refractivity (Wildman–Crippen MR) is 90.9 cm³/mol. The second-order valence-electron chi connectivity index (χ2n) is 6.20. The zero-order valence-electron chi connectivity index (χ0n) is 14.1. The monoisotopic (exact) mass is 317 g/mol. The Labute approximate surface area is 138 Å². The van der Waals surface area contributed by atoms with Crippen molar-refractivity contribution < 1.29 is 9.59 Å². The third-order valence-corrected chi connectivity index (χ3v) is 4.11. The molecular formula is C18H27N3O2. The number of carbonyl (C=O) groups is 2. The van der Waals surface area contributed by atoms with Crippen LogP contribution in [0.1, 0.15) is 30.9 Å². The van der Waals surface area contributed by atoms with E-state index in [1.807, 2.05) is 31.2 Å². The van der Waals surface area contributed by atoms with Gasteiger partial charge < -0.3 is 15.5 Å². The molecule has 126 valence electrons. The second-order valence-corrected chi connectivity index (χ2v) is 6.20. The number of nitrogens with one attached hydrogen (secondary N) is 2. The van der Waals surface area contributed by atoms with Crippen LogP contribution in [0.2, 0.25) is 0 Å². The van der Waals surface area contributed by atoms with Crippen molar-refractivity contribution >= 4 is 11.8 Å². The van der Waals surface area contributed by atoms with Gasteiger partial charge in [0.25, 0.3) is 0 Å². The number of hydrogen-bond acceptors (Lipinski definition) is 3. The molecule has 0 aromatic heterocycles. The lowest BCUT2D eigenvalue weighted by atomic mass is 10.1. The van der Waals surface area contributed by atoms with Crippen molar-refractivity contribution in [3.8, 4) is 0 Å². The van der Waals surface area contributed by atoms with Crippen LogP contribution in [0.3, 0.4) is 0 Å². The van der Waals surface area contributed by atoms with Crippen LogP contribution in [0.25, 0.3) is 0 Å². The highest BCUT2D eigenvalue weighted by molar-refractivity contribution is 5.89. The van der Waals surface area contributed by atoms with Crippen LogP contribution in [-0.2, 0) is 16.1 Å². The molecule has 0 bridgehead atoms. The molecule has 1 fully saturated rings. The minimum Gasteiger partial charge on any atom is -0.355 e. The summed E-state index contributed by atoms with van der Waals surface area (Å²) in [6, 6.07) is 8.16. The van der Waals surface area contributed by atoms with Gasteiger partial charge in [0.05, 0.1) is 5.92 Å². The molecular weight excluding hydrogens is 290 g/mol. The third-order valence-electron chi connectivity index (χ3n) is 4.11. The molecule has 1 aliphatic heterocycles. The van der Waals surface area contributed by atoms with Gasteiger partial charge >= 0.3 is 0 Å². The van der Waals surface area contributed by atoms with E-state index in [4.69, 9.17) is 0 Å². The lowest BCUT2D eigenvalue weighted by Gasteiger charge is -2.17. The summed E-state index contributed by atoms with van der Waals surface area (Å²) in [5.41, 5.74) is 2.31. The van der Waals surface area contributed by atoms with E-state index in [0.29, 0.717) is 26.1 Å². The van der Waals surface area contributed by atoms with Crippen LogP contribution in [0.5, 0.6) is 0 Å². The van der Waals surface area contributed by atoms with Crippen LogP contribution in [-0.4, -0.2) is 42.9 Å². The summed E-state index contributed by atoms with van der Waals surface area (Å²) in [5, 5.41) is 6.16. The van der Waals surface area contributed by atoms with Gasteiger partial charge in [-0.3, -0.25) is 9.59 Å². The number of rotatable bonds is 8. The Morgan fingerprint density at radius 3 is 2.65 bits per heavy atom. The summed E-state index contributed by atoms with van der Waals surface area (Å²) in [5.74, 6) is -0.169. The van der Waals surface area contributed by atoms with Crippen LogP contribution in [0, 0.1) is 12.8 Å². The predicted octanol–water partition coefficient (Wildman–Crippen LogP) is 1.46. The van der Waals surface area contributed by atoms with Crippen LogP contribution >= 0.6 is 0 Å². The van der Waals surface area contributed by atoms with Gasteiger partial charge in [0.1, 0.15) is 0 Å². The summed E-state index contributed by atoms with van der Waals surface area (Å²) in [7, 11) is 0. The van der Waals surface area contributed by atoms with Gasteiger partial charge in [-0.05, 0) is 25.5 Å². The SMILES string of the molecule is CCCNCCNC(=O)C1CC(=O)N(Cc2ccc(C)cc2)C1. The molecule has 1 unspecified atom stereocenters. The van der Waals surface area contributed by atoms with Crippen LogP contribution in [0.15, 0.2) is 24.3 Å². The summed E-state index contributed by atoms with van der Waals surface area (Å²) < 4.78 is 0. The van der Waals surface area contributed by atoms with E-state index in [0.717, 1.165) is 25.1 Å². The molecule has 1 aromatic carbocycles. The van der Waals surface area contributed by atoms with E-state index in [-0.39, 0.29) is 17.7 Å². The van der Waals surface area contributed by atoms with Crippen molar-refractivity contribution in [1.29, 1.82) is 0 Å². The number of carbonyl (C=O) groups excluding carboxylic acids is 2. The summed E-state index contributed by atoms with van der Waals surface area (Å²) in [6.45, 7) is 7.59. The van der Waals surface area contributed by atoms with Crippen molar-refractivity contribution in [3.63, 3.8) is 0 Å². The van der Waals surface area contributed by atoms with E-state index in [1.165, 1.54) is 5.56 Å². The van der Waals surface area contributed by atoms with Crippen LogP contribution in [0.4, 0.5) is 0 Å². The summed E-state index contributed by atoms with van der Waals surface area (Å²) >= 11 is 0. The summed E-state index contributed by atoms with van der Waals surface area (Å²) in [4.78, 5) is 26.0. The first-order valence-corrected chi connectivity index (χ1v) is 8.42. The first-order valence-electron chi connectivity index (χ1n) is 8.42. The van der Waals surface area contributed by atoms with E-state index >= 15 is 0 Å². The molecule has 5 heteroatoms. The van der Waals surface area contributed by atoms with Crippen molar-refractivity contribution in [2.24, 2.45) is 5.92 Å². The maximum atomic E-state index is 12.1. The molecule has 2 amide bonds. The molecule has 1 saturated heterocycles. The second kappa shape index (κ2) is 8.67. The Morgan fingerprint density at radius 2 is 1.96 bits per heavy atom. The average molecular weight is 317 g/mol. The van der Waals surface area contributed by atoms with Crippen molar-refractivity contribution in [2.75, 3.05) is 26.2 Å². The minimum atomic E-state index is -0.223. The lowest BCUT2D eigenvalue weighted by Crippen LogP contribution is -2.37. The van der Waals surface area contributed by atoms with Gasteiger partial charge in [-0.15, -0.1) is 0 Å². The number of nitrogens with zero attached hydrogens (tertiary/aromatic N) is 1. The van der Waals surface area contributed by atoms with Gasteiger partial charge in [-0.1, -0.05) is 36.8 Å². The standard InChI is InChI=1S/C18H27N3O2/c1-3-8-19-9-10-20-18(23)16-11-17(22)21(13-16)12-15-6-4-14(2)5-7-15/h4-7,16,19H,3,8-13H2,1-2H3,(H,20,23). The van der Waals surface area contributed by atoms with Crippen molar-refractivity contribution in [2.45, 2.75) is 33.2 Å². The highest BCUT2D eigenvalue weighted by Gasteiger charge is 2.33. The molecule has 1 aliphatic rings. The van der Waals surface area contributed by atoms with Gasteiger partial charge in [-0.25, -0.2) is 0 Å². The van der Waals surface area contributed by atoms with Crippen LogP contribution < -0.4 is 10.6 Å². The minimum absolute atomic E-state index is 0.0111. The fourth-order valence-corrected chi connectivity index (χ4v) is 2.73. The third kappa shape index (κ3) is 5.36. The number of benzene rings is 1. The van der Waals surface area contributed by atoms with Gasteiger partial charge in [0, 0.05) is 32.6 Å². The lowest BCUT2D eigenvalue weighted by molar-refractivity contribution is -0.129. The van der Waals surface area contributed by atoms with Gasteiger partial charge in [-0.2, -0.15) is 0 Å². The van der Waals surface area contributed by atoms with E-state index < -0.39 is 0 Å². The number of likely N-dealkylation sites (tertiary alicyclic amines) is 1. The van der Waals surface area contributed by atoms with E-state index in [9.17, 15) is 9.59 Å². The Hall–Kier alpha value is -1.88. The van der Waals surface area contributed by atoms with Gasteiger partial charge in [0.15, 0.2) is 0 Å². The largest absolute Gasteiger partial charge is 0.355 e. The number of hydrogen-bond donors (Lipinski definition) is 2. The summed E-state index contributed by atoms with van der Waals surface area (Å²) in [6.07, 6.45) is 1.40.